The normalized spacial score (nSPS) is 11.1. The molecule has 5 nitrogen and oxygen atoms in total. The summed E-state index contributed by atoms with van der Waals surface area (Å²) < 4.78 is 11.2. The Morgan fingerprint density at radius 2 is 1.84 bits per heavy atom. The van der Waals surface area contributed by atoms with E-state index in [-0.39, 0.29) is 6.61 Å². The highest BCUT2D eigenvalue weighted by atomic mass is 79.9. The number of esters is 1. The lowest BCUT2D eigenvalue weighted by molar-refractivity contribution is 0.0529. The summed E-state index contributed by atoms with van der Waals surface area (Å²) in [4.78, 5) is 24.6. The summed E-state index contributed by atoms with van der Waals surface area (Å²) >= 11 is 4.74. The molecule has 0 atom stereocenters. The van der Waals surface area contributed by atoms with Crippen molar-refractivity contribution in [2.24, 2.45) is 0 Å². The molecule has 2 rings (SSSR count). The molecule has 1 amide bonds. The largest absolute Gasteiger partial charge is 0.462 e. The average molecular weight is 426 g/mol. The standard InChI is InChI=1S/C18H20BrNO4S/c1-5-23-16(21)13-12(11-9-7-6-8-10-11)14(19)25-15(13)20-17(22)24-18(2,3)4/h6-10H,5H2,1-4H3,(H,20,22). The van der Waals surface area contributed by atoms with E-state index in [2.05, 4.69) is 21.2 Å². The number of halogens is 1. The number of hydrogen-bond acceptors (Lipinski definition) is 5. The second kappa shape index (κ2) is 8.01. The number of rotatable bonds is 4. The third-order valence-electron chi connectivity index (χ3n) is 3.02. The molecular weight excluding hydrogens is 406 g/mol. The van der Waals surface area contributed by atoms with Crippen LogP contribution in [0.4, 0.5) is 9.80 Å². The second-order valence-electron chi connectivity index (χ2n) is 6.17. The number of nitrogens with one attached hydrogen (secondary N) is 1. The van der Waals surface area contributed by atoms with E-state index in [1.54, 1.807) is 27.7 Å². The van der Waals surface area contributed by atoms with Gasteiger partial charge in [-0.3, -0.25) is 5.32 Å². The van der Waals surface area contributed by atoms with Gasteiger partial charge in [0.05, 0.1) is 10.4 Å². The third kappa shape index (κ3) is 5.06. The van der Waals surface area contributed by atoms with Crippen molar-refractivity contribution in [1.82, 2.24) is 0 Å². The predicted octanol–water partition coefficient (Wildman–Crippen LogP) is 5.70. The van der Waals surface area contributed by atoms with Gasteiger partial charge in [0.1, 0.15) is 16.2 Å². The lowest BCUT2D eigenvalue weighted by Gasteiger charge is -2.19. The van der Waals surface area contributed by atoms with E-state index < -0.39 is 17.7 Å². The summed E-state index contributed by atoms with van der Waals surface area (Å²) in [6.07, 6.45) is -0.619. The van der Waals surface area contributed by atoms with E-state index in [4.69, 9.17) is 9.47 Å². The molecule has 7 heteroatoms. The highest BCUT2D eigenvalue weighted by molar-refractivity contribution is 9.11. The fourth-order valence-corrected chi connectivity index (χ4v) is 3.98. The Balaban J connectivity index is 2.46. The Labute approximate surface area is 159 Å². The molecule has 0 aliphatic carbocycles. The monoisotopic (exact) mass is 425 g/mol. The molecular formula is C18H20BrNO4S. The Hall–Kier alpha value is -1.86. The summed E-state index contributed by atoms with van der Waals surface area (Å²) in [7, 11) is 0. The number of anilines is 1. The van der Waals surface area contributed by atoms with Gasteiger partial charge in [-0.15, -0.1) is 11.3 Å². The van der Waals surface area contributed by atoms with Crippen molar-refractivity contribution < 1.29 is 19.1 Å². The van der Waals surface area contributed by atoms with Crippen LogP contribution in [0.2, 0.25) is 0 Å². The summed E-state index contributed by atoms with van der Waals surface area (Å²) in [5, 5.41) is 3.05. The minimum Gasteiger partial charge on any atom is -0.462 e. The van der Waals surface area contributed by atoms with Crippen LogP contribution >= 0.6 is 27.3 Å². The van der Waals surface area contributed by atoms with Crippen molar-refractivity contribution in [3.8, 4) is 11.1 Å². The van der Waals surface area contributed by atoms with Crippen LogP contribution in [0.3, 0.4) is 0 Å². The van der Waals surface area contributed by atoms with Gasteiger partial charge in [0.25, 0.3) is 0 Å². The smallest absolute Gasteiger partial charge is 0.412 e. The molecule has 25 heavy (non-hydrogen) atoms. The zero-order valence-electron chi connectivity index (χ0n) is 14.5. The first-order valence-corrected chi connectivity index (χ1v) is 9.38. The predicted molar refractivity (Wildman–Crippen MR) is 103 cm³/mol. The number of amides is 1. The minimum absolute atomic E-state index is 0.242. The van der Waals surface area contributed by atoms with Crippen LogP contribution in [0, 0.1) is 0 Å². The van der Waals surface area contributed by atoms with Crippen LogP contribution in [0.5, 0.6) is 0 Å². The number of hydrogen-bond donors (Lipinski definition) is 1. The molecule has 1 aromatic carbocycles. The van der Waals surface area contributed by atoms with Crippen LogP contribution in [0.1, 0.15) is 38.1 Å². The molecule has 0 aliphatic rings. The SMILES string of the molecule is CCOC(=O)c1c(NC(=O)OC(C)(C)C)sc(Br)c1-c1ccccc1. The average Bonchev–Trinajstić information content (AvgIpc) is 2.82. The van der Waals surface area contributed by atoms with Gasteiger partial charge in [-0.25, -0.2) is 9.59 Å². The molecule has 0 aliphatic heterocycles. The zero-order chi connectivity index (χ0) is 18.6. The summed E-state index contributed by atoms with van der Waals surface area (Å²) in [6.45, 7) is 7.31. The summed E-state index contributed by atoms with van der Waals surface area (Å²) in [6, 6.07) is 9.46. The van der Waals surface area contributed by atoms with E-state index >= 15 is 0 Å². The number of thiophene rings is 1. The maximum Gasteiger partial charge on any atom is 0.412 e. The van der Waals surface area contributed by atoms with Crippen molar-refractivity contribution >= 4 is 44.3 Å². The molecule has 1 aromatic heterocycles. The lowest BCUT2D eigenvalue weighted by Crippen LogP contribution is -2.27. The number of carbonyl (C=O) groups excluding carboxylic acids is 2. The minimum atomic E-state index is -0.634. The maximum atomic E-state index is 12.5. The van der Waals surface area contributed by atoms with Crippen LogP contribution in [-0.2, 0) is 9.47 Å². The van der Waals surface area contributed by atoms with Crippen LogP contribution < -0.4 is 5.32 Å². The van der Waals surface area contributed by atoms with Crippen LogP contribution in [0.15, 0.2) is 34.1 Å². The molecule has 0 saturated heterocycles. The van der Waals surface area contributed by atoms with E-state index in [1.165, 1.54) is 11.3 Å². The Morgan fingerprint density at radius 3 is 2.40 bits per heavy atom. The second-order valence-corrected chi connectivity index (χ2v) is 8.51. The van der Waals surface area contributed by atoms with E-state index in [1.807, 2.05) is 30.3 Å². The van der Waals surface area contributed by atoms with Gasteiger partial charge in [-0.2, -0.15) is 0 Å². The number of benzene rings is 1. The Morgan fingerprint density at radius 1 is 1.20 bits per heavy atom. The fourth-order valence-electron chi connectivity index (χ4n) is 2.15. The molecule has 0 unspecified atom stereocenters. The van der Waals surface area contributed by atoms with Gasteiger partial charge in [0, 0.05) is 5.56 Å². The molecule has 2 aromatic rings. The van der Waals surface area contributed by atoms with E-state index in [0.717, 1.165) is 9.35 Å². The van der Waals surface area contributed by atoms with Crippen LogP contribution in [-0.4, -0.2) is 24.3 Å². The molecule has 0 bridgehead atoms. The van der Waals surface area contributed by atoms with Crippen molar-refractivity contribution in [3.63, 3.8) is 0 Å². The van der Waals surface area contributed by atoms with E-state index in [9.17, 15) is 9.59 Å². The maximum absolute atomic E-state index is 12.5. The van der Waals surface area contributed by atoms with Gasteiger partial charge in [0.2, 0.25) is 0 Å². The topological polar surface area (TPSA) is 64.6 Å². The van der Waals surface area contributed by atoms with E-state index in [0.29, 0.717) is 16.1 Å². The first kappa shape index (κ1) is 19.5. The van der Waals surface area contributed by atoms with Gasteiger partial charge in [-0.05, 0) is 49.2 Å². The van der Waals surface area contributed by atoms with Crippen molar-refractivity contribution in [1.29, 1.82) is 0 Å². The van der Waals surface area contributed by atoms with Gasteiger partial charge >= 0.3 is 12.1 Å². The fraction of sp³-hybridized carbons (Fsp3) is 0.333. The third-order valence-corrected chi connectivity index (χ3v) is 4.80. The summed E-state index contributed by atoms with van der Waals surface area (Å²) in [5.41, 5.74) is 1.22. The summed E-state index contributed by atoms with van der Waals surface area (Å²) in [5.74, 6) is -0.491. The molecule has 134 valence electrons. The van der Waals surface area contributed by atoms with Gasteiger partial charge in [0.15, 0.2) is 0 Å². The quantitative estimate of drug-likeness (QED) is 0.637. The molecule has 0 spiro atoms. The van der Waals surface area contributed by atoms with Crippen molar-refractivity contribution in [2.75, 3.05) is 11.9 Å². The van der Waals surface area contributed by atoms with Gasteiger partial charge in [-0.1, -0.05) is 30.3 Å². The highest BCUT2D eigenvalue weighted by Gasteiger charge is 2.27. The highest BCUT2D eigenvalue weighted by Crippen LogP contribution is 2.44. The van der Waals surface area contributed by atoms with Gasteiger partial charge < -0.3 is 9.47 Å². The molecule has 1 heterocycles. The van der Waals surface area contributed by atoms with Crippen LogP contribution in [0.25, 0.3) is 11.1 Å². The lowest BCUT2D eigenvalue weighted by atomic mass is 10.0. The Kier molecular flexibility index (Phi) is 6.24. The number of carbonyl (C=O) groups is 2. The zero-order valence-corrected chi connectivity index (χ0v) is 16.9. The van der Waals surface area contributed by atoms with Crippen molar-refractivity contribution in [3.05, 3.63) is 39.7 Å². The number of ether oxygens (including phenoxy) is 2. The molecule has 1 N–H and O–H groups in total. The van der Waals surface area contributed by atoms with Crippen molar-refractivity contribution in [2.45, 2.75) is 33.3 Å². The Bertz CT molecular complexity index is 765. The molecule has 0 fully saturated rings. The molecule has 0 radical (unpaired) electrons. The first-order valence-electron chi connectivity index (χ1n) is 7.77. The first-order chi connectivity index (χ1) is 11.7. The molecule has 0 saturated carbocycles.